The Balaban J connectivity index is 0.898. The van der Waals surface area contributed by atoms with Crippen LogP contribution in [0.3, 0.4) is 0 Å². The number of carbonyl (C=O) groups is 5. The number of hydrogen-bond acceptors (Lipinski definition) is 9. The van der Waals surface area contributed by atoms with Crippen LogP contribution in [0.1, 0.15) is 95.3 Å². The van der Waals surface area contributed by atoms with Crippen molar-refractivity contribution in [3.8, 4) is 17.6 Å². The number of hydrogen-bond donors (Lipinski definition) is 4. The lowest BCUT2D eigenvalue weighted by Gasteiger charge is -2.39. The first-order valence-corrected chi connectivity index (χ1v) is 23.2. The molecular formula is C51H51Cl2FN6O7. The minimum atomic E-state index is -0.912. The summed E-state index contributed by atoms with van der Waals surface area (Å²) < 4.78 is 28.1. The number of benzene rings is 4. The molecule has 67 heavy (non-hydrogen) atoms. The molecule has 5 amide bonds. The molecule has 1 spiro atoms. The number of nitrogens with zero attached hydrogens (tertiary/aromatic N) is 2. The van der Waals surface area contributed by atoms with Crippen molar-refractivity contribution in [1.29, 1.82) is 0 Å². The summed E-state index contributed by atoms with van der Waals surface area (Å²) in [6.07, 6.45) is 1.12. The largest absolute Gasteiger partial charge is 0.495 e. The Labute approximate surface area is 398 Å². The fourth-order valence-corrected chi connectivity index (χ4v) is 10.8. The first kappa shape index (κ1) is 46.1. The van der Waals surface area contributed by atoms with Crippen LogP contribution in [0.15, 0.2) is 72.8 Å². The van der Waals surface area contributed by atoms with E-state index in [0.29, 0.717) is 65.4 Å². The Morgan fingerprint density at radius 3 is 2.61 bits per heavy atom. The maximum Gasteiger partial charge on any atom is 0.255 e. The van der Waals surface area contributed by atoms with Gasteiger partial charge in [-0.05, 0) is 89.5 Å². The number of rotatable bonds is 7. The maximum atomic E-state index is 16.3. The first-order chi connectivity index (χ1) is 32.0. The third-order valence-electron chi connectivity index (χ3n) is 13.6. The van der Waals surface area contributed by atoms with E-state index in [1.165, 1.54) is 18.1 Å². The van der Waals surface area contributed by atoms with E-state index in [-0.39, 0.29) is 65.9 Å². The summed E-state index contributed by atoms with van der Waals surface area (Å²) in [6.45, 7) is 8.04. The zero-order valence-electron chi connectivity index (χ0n) is 37.6. The lowest BCUT2D eigenvalue weighted by atomic mass is 9.63. The van der Waals surface area contributed by atoms with E-state index in [0.717, 1.165) is 16.8 Å². The average molecular weight is 950 g/mol. The number of carbonyl (C=O) groups excluding carboxylic acids is 5. The van der Waals surface area contributed by atoms with Crippen LogP contribution in [0, 0.1) is 23.1 Å². The van der Waals surface area contributed by atoms with Crippen LogP contribution in [0.2, 0.25) is 10.0 Å². The van der Waals surface area contributed by atoms with Crippen LogP contribution in [-0.2, 0) is 31.1 Å². The lowest BCUT2D eigenvalue weighted by Crippen LogP contribution is -2.52. The second-order valence-corrected chi connectivity index (χ2v) is 19.9. The molecule has 4 aromatic rings. The van der Waals surface area contributed by atoms with Crippen molar-refractivity contribution >= 4 is 64.1 Å². The molecule has 6 atom stereocenters. The third kappa shape index (κ3) is 8.86. The van der Waals surface area contributed by atoms with Gasteiger partial charge in [-0.2, -0.15) is 0 Å². The Bertz CT molecular complexity index is 2770. The molecule has 5 heterocycles. The van der Waals surface area contributed by atoms with Crippen LogP contribution in [-0.4, -0.2) is 96.9 Å². The molecule has 0 aromatic heterocycles. The number of methoxy groups -OCH3 is 1. The van der Waals surface area contributed by atoms with Gasteiger partial charge in [0.25, 0.3) is 11.8 Å². The van der Waals surface area contributed by atoms with E-state index in [1.807, 2.05) is 24.3 Å². The van der Waals surface area contributed by atoms with Crippen molar-refractivity contribution in [1.82, 2.24) is 20.4 Å². The van der Waals surface area contributed by atoms with Gasteiger partial charge in [-0.1, -0.05) is 74.0 Å². The van der Waals surface area contributed by atoms with Gasteiger partial charge in [0.05, 0.1) is 30.5 Å². The molecule has 3 fully saturated rings. The van der Waals surface area contributed by atoms with Crippen molar-refractivity contribution in [2.75, 3.05) is 44.0 Å². The first-order valence-electron chi connectivity index (χ1n) is 22.5. The molecule has 13 nitrogen and oxygen atoms in total. The normalized spacial score (nSPS) is 24.6. The number of amides is 5. The Morgan fingerprint density at radius 2 is 1.84 bits per heavy atom. The van der Waals surface area contributed by atoms with Crippen LogP contribution in [0.25, 0.3) is 0 Å². The molecule has 9 rings (SSSR count). The summed E-state index contributed by atoms with van der Waals surface area (Å²) >= 11 is 12.9. The standard InChI is InChI=1S/C51H51Cl2FN6O7/c1-50(2,3)25-41-51(27-55-38-24-31(52)11-14-35(38)51)43(34-6-5-7-36(53)44(34)54)45(57-41)47(63)56-37-15-10-29(23-40(37)66-4)48(64)59-19-18-32(67-21-20-59)12-8-28-9-13-33-30(22-28)26-60(49(33)65)39-16-17-42(61)58-46(39)62/h5-7,9-11,13-15,22-24,32,39,41,43,45,55,57H,16-21,25-27H2,1-4H3,(H,56,63)(H,58,61,62)/t32-,39?,41+,43+,45-,51+/m1/s1. The zero-order chi connectivity index (χ0) is 47.4. The molecular weight excluding hydrogens is 898 g/mol. The van der Waals surface area contributed by atoms with E-state index in [2.05, 4.69) is 53.9 Å². The summed E-state index contributed by atoms with van der Waals surface area (Å²) in [7, 11) is 1.47. The molecule has 1 unspecified atom stereocenters. The highest BCUT2D eigenvalue weighted by atomic mass is 35.5. The van der Waals surface area contributed by atoms with Crippen LogP contribution < -0.4 is 26.0 Å². The quantitative estimate of drug-likeness (QED) is 0.113. The number of anilines is 2. The van der Waals surface area contributed by atoms with Crippen LogP contribution >= 0.6 is 23.2 Å². The predicted molar refractivity (Wildman–Crippen MR) is 252 cm³/mol. The minimum absolute atomic E-state index is 0.0351. The highest BCUT2D eigenvalue weighted by molar-refractivity contribution is 6.31. The summed E-state index contributed by atoms with van der Waals surface area (Å²) in [5.74, 6) is 3.63. The summed E-state index contributed by atoms with van der Waals surface area (Å²) in [5.41, 5.74) is 3.80. The number of imide groups is 1. The van der Waals surface area contributed by atoms with Crippen LogP contribution in [0.4, 0.5) is 15.8 Å². The number of fused-ring (bicyclic) bond motifs is 3. The molecule has 5 aliphatic heterocycles. The molecule has 348 valence electrons. The van der Waals surface area contributed by atoms with Crippen molar-refractivity contribution in [2.45, 2.75) is 88.6 Å². The Kier molecular flexibility index (Phi) is 12.6. The smallest absolute Gasteiger partial charge is 0.255 e. The lowest BCUT2D eigenvalue weighted by molar-refractivity contribution is -0.137. The van der Waals surface area contributed by atoms with Gasteiger partial charge in [0.1, 0.15) is 23.7 Å². The average Bonchev–Trinajstić information content (AvgIpc) is 3.85. The van der Waals surface area contributed by atoms with Gasteiger partial charge >= 0.3 is 0 Å². The summed E-state index contributed by atoms with van der Waals surface area (Å²) in [4.78, 5) is 69.2. The van der Waals surface area contributed by atoms with Gasteiger partial charge in [-0.3, -0.25) is 29.3 Å². The molecule has 0 saturated carbocycles. The number of nitrogens with one attached hydrogen (secondary N) is 4. The zero-order valence-corrected chi connectivity index (χ0v) is 39.1. The van der Waals surface area contributed by atoms with Gasteiger partial charge in [-0.15, -0.1) is 0 Å². The monoisotopic (exact) mass is 948 g/mol. The molecule has 4 N–H and O–H groups in total. The Hall–Kier alpha value is -5.98. The van der Waals surface area contributed by atoms with Crippen molar-refractivity contribution in [2.24, 2.45) is 5.41 Å². The third-order valence-corrected chi connectivity index (χ3v) is 14.1. The summed E-state index contributed by atoms with van der Waals surface area (Å²) in [6, 6.07) is 18.9. The molecule has 4 aromatic carbocycles. The highest BCUT2D eigenvalue weighted by Gasteiger charge is 2.61. The molecule has 16 heteroatoms. The van der Waals surface area contributed by atoms with E-state index in [4.69, 9.17) is 32.7 Å². The van der Waals surface area contributed by atoms with Gasteiger partial charge in [-0.25, -0.2) is 4.39 Å². The van der Waals surface area contributed by atoms with E-state index < -0.39 is 47.2 Å². The fraction of sp³-hybridized carbons (Fsp3) is 0.392. The molecule has 3 saturated heterocycles. The van der Waals surface area contributed by atoms with Crippen LogP contribution in [0.5, 0.6) is 5.75 Å². The number of halogens is 3. The van der Waals surface area contributed by atoms with E-state index in [9.17, 15) is 24.0 Å². The topological polar surface area (TPSA) is 158 Å². The maximum absolute atomic E-state index is 16.3. The predicted octanol–water partition coefficient (Wildman–Crippen LogP) is 7.05. The second kappa shape index (κ2) is 18.3. The van der Waals surface area contributed by atoms with Gasteiger partial charge in [0.15, 0.2) is 0 Å². The highest BCUT2D eigenvalue weighted by Crippen LogP contribution is 2.56. The van der Waals surface area contributed by atoms with Crippen molar-refractivity contribution in [3.63, 3.8) is 0 Å². The molecule has 0 bridgehead atoms. The number of ether oxygens (including phenoxy) is 2. The van der Waals surface area contributed by atoms with Crippen molar-refractivity contribution in [3.05, 3.63) is 122 Å². The second-order valence-electron chi connectivity index (χ2n) is 19.1. The fourth-order valence-electron chi connectivity index (χ4n) is 10.5. The van der Waals surface area contributed by atoms with Gasteiger partial charge in [0.2, 0.25) is 17.7 Å². The van der Waals surface area contributed by atoms with Gasteiger partial charge in [0, 0.05) is 83.8 Å². The van der Waals surface area contributed by atoms with E-state index in [1.54, 1.807) is 47.4 Å². The molecule has 5 aliphatic rings. The van der Waals surface area contributed by atoms with Crippen molar-refractivity contribution < 1.29 is 37.8 Å². The minimum Gasteiger partial charge on any atom is -0.495 e. The molecule has 0 aliphatic carbocycles. The van der Waals surface area contributed by atoms with Gasteiger partial charge < -0.3 is 35.2 Å². The Morgan fingerprint density at radius 1 is 1.01 bits per heavy atom. The molecule has 0 radical (unpaired) electrons. The van der Waals surface area contributed by atoms with E-state index >= 15 is 4.39 Å². The summed E-state index contributed by atoms with van der Waals surface area (Å²) in [5, 5.41) is 13.1. The number of piperidine rings is 1. The SMILES string of the molecule is COc1cc(C(=O)N2CCO[C@H](C#Cc3ccc4c(c3)CN(C3CCC(=O)NC3=O)C4=O)CC2)ccc1NC(=O)[C@@H]1N[C@@H](CC(C)(C)C)[C@@]2(CNc3cc(Cl)ccc32)[C@H]1c1cccc(Cl)c1F.